The highest BCUT2D eigenvalue weighted by molar-refractivity contribution is 5.90. The number of hydrogen-bond donors (Lipinski definition) is 2. The van der Waals surface area contributed by atoms with Crippen LogP contribution in [-0.2, 0) is 4.79 Å². The zero-order valence-corrected chi connectivity index (χ0v) is 9.74. The van der Waals surface area contributed by atoms with E-state index in [1.165, 1.54) is 18.2 Å². The normalized spacial score (nSPS) is 10.1. The van der Waals surface area contributed by atoms with E-state index in [9.17, 15) is 9.18 Å². The Morgan fingerprint density at radius 1 is 1.50 bits per heavy atom. The van der Waals surface area contributed by atoms with E-state index in [-0.39, 0.29) is 12.5 Å². The van der Waals surface area contributed by atoms with E-state index in [0.717, 1.165) is 5.69 Å². The molecule has 0 saturated heterocycles. The summed E-state index contributed by atoms with van der Waals surface area (Å²) in [6.45, 7) is 1.63. The van der Waals surface area contributed by atoms with Crippen LogP contribution in [0.25, 0.3) is 0 Å². The minimum absolute atomic E-state index is 0.199. The molecule has 2 N–H and O–H groups in total. The van der Waals surface area contributed by atoms with E-state index in [4.69, 9.17) is 4.74 Å². The van der Waals surface area contributed by atoms with Gasteiger partial charge in [-0.3, -0.25) is 9.89 Å². The number of H-pyrrole nitrogens is 1. The fourth-order valence-corrected chi connectivity index (χ4v) is 1.37. The quantitative estimate of drug-likeness (QED) is 0.869. The lowest BCUT2D eigenvalue weighted by Gasteiger charge is -2.05. The summed E-state index contributed by atoms with van der Waals surface area (Å²) < 4.78 is 18.0. The summed E-state index contributed by atoms with van der Waals surface area (Å²) in [6, 6.07) is 7.31. The van der Waals surface area contributed by atoms with Crippen molar-refractivity contribution in [2.75, 3.05) is 11.9 Å². The molecule has 0 aliphatic carbocycles. The molecule has 6 heteroatoms. The van der Waals surface area contributed by atoms with E-state index in [2.05, 4.69) is 15.5 Å². The molecule has 0 aliphatic heterocycles. The third-order valence-corrected chi connectivity index (χ3v) is 2.14. The summed E-state index contributed by atoms with van der Waals surface area (Å²) in [4.78, 5) is 11.5. The Bertz CT molecular complexity index is 554. The van der Waals surface area contributed by atoms with Gasteiger partial charge >= 0.3 is 0 Å². The number of ether oxygens (including phenoxy) is 1. The fraction of sp³-hybridized carbons (Fsp3) is 0.167. The Hall–Kier alpha value is -2.37. The highest BCUT2D eigenvalue weighted by Crippen LogP contribution is 2.11. The van der Waals surface area contributed by atoms with Gasteiger partial charge in [0.15, 0.2) is 12.4 Å². The van der Waals surface area contributed by atoms with Crippen LogP contribution in [0.4, 0.5) is 10.2 Å². The number of benzene rings is 1. The van der Waals surface area contributed by atoms with Crippen molar-refractivity contribution in [3.05, 3.63) is 41.8 Å². The lowest BCUT2D eigenvalue weighted by atomic mass is 10.3. The van der Waals surface area contributed by atoms with Crippen molar-refractivity contribution in [1.29, 1.82) is 0 Å². The number of carbonyl (C=O) groups is 1. The van der Waals surface area contributed by atoms with E-state index in [1.807, 2.05) is 6.92 Å². The number of aromatic nitrogens is 2. The highest BCUT2D eigenvalue weighted by Gasteiger charge is 2.06. The van der Waals surface area contributed by atoms with Gasteiger partial charge in [0.1, 0.15) is 11.6 Å². The maximum Gasteiger partial charge on any atom is 0.263 e. The summed E-state index contributed by atoms with van der Waals surface area (Å²) in [7, 11) is 0. The molecule has 0 atom stereocenters. The predicted octanol–water partition coefficient (Wildman–Crippen LogP) is 1.87. The lowest BCUT2D eigenvalue weighted by molar-refractivity contribution is -0.118. The summed E-state index contributed by atoms with van der Waals surface area (Å²) in [6.07, 6.45) is 0. The van der Waals surface area contributed by atoms with E-state index in [0.29, 0.717) is 11.6 Å². The zero-order valence-electron chi connectivity index (χ0n) is 9.74. The average molecular weight is 249 g/mol. The van der Waals surface area contributed by atoms with Gasteiger partial charge in [-0.1, -0.05) is 6.07 Å². The number of aromatic amines is 1. The third kappa shape index (κ3) is 3.31. The van der Waals surface area contributed by atoms with Gasteiger partial charge in [-0.2, -0.15) is 5.10 Å². The number of aryl methyl sites for hydroxylation is 1. The Labute approximate surface area is 103 Å². The summed E-state index contributed by atoms with van der Waals surface area (Å²) in [5, 5.41) is 9.10. The van der Waals surface area contributed by atoms with Crippen molar-refractivity contribution in [3.8, 4) is 5.75 Å². The Balaban J connectivity index is 1.85. The number of nitrogens with zero attached hydrogens (tertiary/aromatic N) is 1. The smallest absolute Gasteiger partial charge is 0.263 e. The predicted molar refractivity (Wildman–Crippen MR) is 63.8 cm³/mol. The molecule has 94 valence electrons. The van der Waals surface area contributed by atoms with E-state index >= 15 is 0 Å². The molecule has 1 aromatic carbocycles. The van der Waals surface area contributed by atoms with Crippen LogP contribution in [0, 0.1) is 12.7 Å². The first kappa shape index (κ1) is 12.1. The summed E-state index contributed by atoms with van der Waals surface area (Å²) >= 11 is 0. The van der Waals surface area contributed by atoms with Gasteiger partial charge < -0.3 is 10.1 Å². The molecule has 0 fully saturated rings. The Morgan fingerprint density at radius 3 is 3.00 bits per heavy atom. The minimum atomic E-state index is -0.407. The van der Waals surface area contributed by atoms with Gasteiger partial charge in [-0.15, -0.1) is 0 Å². The molecule has 1 heterocycles. The number of anilines is 1. The SMILES string of the molecule is Cc1cc(NC(=O)COc2cccc(F)c2)n[nH]1. The Kier molecular flexibility index (Phi) is 3.57. The maximum atomic E-state index is 12.8. The van der Waals surface area contributed by atoms with Crippen molar-refractivity contribution in [1.82, 2.24) is 10.2 Å². The summed E-state index contributed by atoms with van der Waals surface area (Å²) in [5.41, 5.74) is 0.844. The second kappa shape index (κ2) is 5.31. The number of hydrogen-bond acceptors (Lipinski definition) is 3. The topological polar surface area (TPSA) is 67.0 Å². The van der Waals surface area contributed by atoms with Gasteiger partial charge in [0.05, 0.1) is 0 Å². The van der Waals surface area contributed by atoms with Gasteiger partial charge in [0.25, 0.3) is 5.91 Å². The molecule has 18 heavy (non-hydrogen) atoms. The van der Waals surface area contributed by atoms with Crippen LogP contribution in [0.2, 0.25) is 0 Å². The van der Waals surface area contributed by atoms with Crippen molar-refractivity contribution in [2.45, 2.75) is 6.92 Å². The molecule has 0 spiro atoms. The number of rotatable bonds is 4. The molecule has 2 rings (SSSR count). The van der Waals surface area contributed by atoms with E-state index < -0.39 is 5.82 Å². The molecular weight excluding hydrogens is 237 g/mol. The van der Waals surface area contributed by atoms with Gasteiger partial charge in [0, 0.05) is 17.8 Å². The van der Waals surface area contributed by atoms with Gasteiger partial charge in [0.2, 0.25) is 0 Å². The van der Waals surface area contributed by atoms with Crippen LogP contribution < -0.4 is 10.1 Å². The van der Waals surface area contributed by atoms with Gasteiger partial charge in [-0.25, -0.2) is 4.39 Å². The van der Waals surface area contributed by atoms with Crippen molar-refractivity contribution >= 4 is 11.7 Å². The van der Waals surface area contributed by atoms with Crippen molar-refractivity contribution < 1.29 is 13.9 Å². The maximum absolute atomic E-state index is 12.8. The lowest BCUT2D eigenvalue weighted by Crippen LogP contribution is -2.20. The van der Waals surface area contributed by atoms with Crippen LogP contribution in [-0.4, -0.2) is 22.7 Å². The largest absolute Gasteiger partial charge is 0.484 e. The number of carbonyl (C=O) groups excluding carboxylic acids is 1. The highest BCUT2D eigenvalue weighted by atomic mass is 19.1. The first-order valence-electron chi connectivity index (χ1n) is 5.34. The number of nitrogens with one attached hydrogen (secondary N) is 2. The average Bonchev–Trinajstić information content (AvgIpc) is 2.72. The molecule has 0 unspecified atom stereocenters. The van der Waals surface area contributed by atoms with Crippen LogP contribution in [0.5, 0.6) is 5.75 Å². The van der Waals surface area contributed by atoms with Crippen molar-refractivity contribution in [2.24, 2.45) is 0 Å². The molecule has 2 aromatic rings. The van der Waals surface area contributed by atoms with Crippen LogP contribution in [0.3, 0.4) is 0 Å². The number of amides is 1. The monoisotopic (exact) mass is 249 g/mol. The van der Waals surface area contributed by atoms with Crippen LogP contribution >= 0.6 is 0 Å². The first-order chi connectivity index (χ1) is 8.63. The molecule has 1 amide bonds. The first-order valence-corrected chi connectivity index (χ1v) is 5.34. The third-order valence-electron chi connectivity index (χ3n) is 2.14. The molecule has 0 bridgehead atoms. The zero-order chi connectivity index (χ0) is 13.0. The van der Waals surface area contributed by atoms with E-state index in [1.54, 1.807) is 12.1 Å². The molecule has 1 aromatic heterocycles. The standard InChI is InChI=1S/C12H12FN3O2/c1-8-5-11(16-15-8)14-12(17)7-18-10-4-2-3-9(13)6-10/h2-6H,7H2,1H3,(H2,14,15,16,17). The molecular formula is C12H12FN3O2. The molecule has 0 aliphatic rings. The Morgan fingerprint density at radius 2 is 2.33 bits per heavy atom. The molecule has 0 radical (unpaired) electrons. The fourth-order valence-electron chi connectivity index (χ4n) is 1.37. The van der Waals surface area contributed by atoms with Crippen LogP contribution in [0.15, 0.2) is 30.3 Å². The molecule has 5 nitrogen and oxygen atoms in total. The second-order valence-electron chi connectivity index (χ2n) is 3.73. The second-order valence-corrected chi connectivity index (χ2v) is 3.73. The summed E-state index contributed by atoms with van der Waals surface area (Å²) in [5.74, 6) is -0.0229. The van der Waals surface area contributed by atoms with Crippen LogP contribution in [0.1, 0.15) is 5.69 Å². The van der Waals surface area contributed by atoms with Gasteiger partial charge in [-0.05, 0) is 19.1 Å². The number of halogens is 1. The minimum Gasteiger partial charge on any atom is -0.484 e. The van der Waals surface area contributed by atoms with Crippen molar-refractivity contribution in [3.63, 3.8) is 0 Å². The molecule has 0 saturated carbocycles.